The van der Waals surface area contributed by atoms with E-state index in [2.05, 4.69) is 5.32 Å². The fourth-order valence-corrected chi connectivity index (χ4v) is 1.56. The van der Waals surface area contributed by atoms with E-state index in [9.17, 15) is 13.2 Å². The lowest BCUT2D eigenvalue weighted by Crippen LogP contribution is -2.11. The van der Waals surface area contributed by atoms with Crippen LogP contribution in [0.5, 0.6) is 0 Å². The van der Waals surface area contributed by atoms with Gasteiger partial charge in [0, 0.05) is 13.0 Å². The van der Waals surface area contributed by atoms with Gasteiger partial charge in [0.25, 0.3) is 0 Å². The van der Waals surface area contributed by atoms with Crippen LogP contribution < -0.4 is 11.1 Å². The summed E-state index contributed by atoms with van der Waals surface area (Å²) in [6.07, 6.45) is -4.99. The van der Waals surface area contributed by atoms with E-state index in [0.29, 0.717) is 21.4 Å². The molecule has 17 heavy (non-hydrogen) atoms. The van der Waals surface area contributed by atoms with Crippen molar-refractivity contribution in [2.45, 2.75) is 19.0 Å². The lowest BCUT2D eigenvalue weighted by Gasteiger charge is -2.11. The number of hydrogen-bond acceptors (Lipinski definition) is 2. The summed E-state index contributed by atoms with van der Waals surface area (Å²) in [4.78, 5) is 0. The minimum absolute atomic E-state index is 0.0246. The Morgan fingerprint density at radius 3 is 2.35 bits per heavy atom. The molecular formula is C10H11Cl2F3N2. The van der Waals surface area contributed by atoms with Crippen molar-refractivity contribution in [1.29, 1.82) is 0 Å². The van der Waals surface area contributed by atoms with Gasteiger partial charge >= 0.3 is 6.18 Å². The van der Waals surface area contributed by atoms with E-state index in [4.69, 9.17) is 28.9 Å². The molecule has 1 aromatic rings. The predicted octanol–water partition coefficient (Wildman–Crippen LogP) is 4.33. The number of hydrogen-bond donors (Lipinski definition) is 2. The van der Waals surface area contributed by atoms with Crippen LogP contribution in [-0.4, -0.2) is 12.7 Å². The molecular weight excluding hydrogens is 276 g/mol. The average molecular weight is 287 g/mol. The highest BCUT2D eigenvalue weighted by molar-refractivity contribution is 6.42. The van der Waals surface area contributed by atoms with Crippen LogP contribution in [0.15, 0.2) is 12.1 Å². The first kappa shape index (κ1) is 14.3. The molecule has 3 N–H and O–H groups in total. The Bertz CT molecular complexity index is 394. The standard InChI is InChI=1S/C10H11Cl2F3N2/c11-6-4-8(16)9(5-7(6)12)17-3-1-2-10(13,14)15/h4-5,17H,1-3,16H2. The molecule has 0 heterocycles. The van der Waals surface area contributed by atoms with Gasteiger partial charge in [-0.3, -0.25) is 0 Å². The molecule has 96 valence electrons. The second-order valence-corrected chi connectivity index (χ2v) is 4.31. The molecule has 2 nitrogen and oxygen atoms in total. The van der Waals surface area contributed by atoms with Crippen LogP contribution in [-0.2, 0) is 0 Å². The fraction of sp³-hybridized carbons (Fsp3) is 0.400. The molecule has 0 aliphatic carbocycles. The summed E-state index contributed by atoms with van der Waals surface area (Å²) < 4.78 is 35.7. The Labute approximate surface area is 107 Å². The summed E-state index contributed by atoms with van der Waals surface area (Å²) in [5, 5.41) is 3.40. The average Bonchev–Trinajstić information content (AvgIpc) is 2.18. The third-order valence-electron chi connectivity index (χ3n) is 2.04. The third-order valence-corrected chi connectivity index (χ3v) is 2.77. The van der Waals surface area contributed by atoms with Crippen LogP contribution >= 0.6 is 23.2 Å². The highest BCUT2D eigenvalue weighted by Gasteiger charge is 2.25. The minimum Gasteiger partial charge on any atom is -0.397 e. The Balaban J connectivity index is 2.50. The van der Waals surface area contributed by atoms with E-state index >= 15 is 0 Å². The number of rotatable bonds is 4. The molecule has 0 aliphatic rings. The van der Waals surface area contributed by atoms with Crippen LogP contribution in [0.3, 0.4) is 0 Å². The van der Waals surface area contributed by atoms with E-state index in [0.717, 1.165) is 0 Å². The normalized spacial score (nSPS) is 11.6. The van der Waals surface area contributed by atoms with Crippen molar-refractivity contribution in [3.63, 3.8) is 0 Å². The molecule has 0 atom stereocenters. The van der Waals surface area contributed by atoms with Gasteiger partial charge in [-0.15, -0.1) is 0 Å². The molecule has 1 aromatic carbocycles. The largest absolute Gasteiger partial charge is 0.397 e. The monoisotopic (exact) mass is 286 g/mol. The molecule has 0 aromatic heterocycles. The van der Waals surface area contributed by atoms with Crippen molar-refractivity contribution in [2.24, 2.45) is 0 Å². The maximum absolute atomic E-state index is 11.9. The molecule has 0 fully saturated rings. The fourth-order valence-electron chi connectivity index (χ4n) is 1.23. The molecule has 0 amide bonds. The molecule has 0 saturated carbocycles. The van der Waals surface area contributed by atoms with E-state index in [1.165, 1.54) is 12.1 Å². The quantitative estimate of drug-likeness (QED) is 0.639. The van der Waals surface area contributed by atoms with E-state index in [1.807, 2.05) is 0 Å². The van der Waals surface area contributed by atoms with Gasteiger partial charge in [-0.05, 0) is 18.6 Å². The van der Waals surface area contributed by atoms with Gasteiger partial charge in [-0.25, -0.2) is 0 Å². The van der Waals surface area contributed by atoms with Gasteiger partial charge in [0.2, 0.25) is 0 Å². The van der Waals surface area contributed by atoms with Crippen molar-refractivity contribution in [3.8, 4) is 0 Å². The van der Waals surface area contributed by atoms with Crippen molar-refractivity contribution < 1.29 is 13.2 Å². The highest BCUT2D eigenvalue weighted by Crippen LogP contribution is 2.30. The molecule has 0 saturated heterocycles. The first-order valence-electron chi connectivity index (χ1n) is 4.85. The van der Waals surface area contributed by atoms with Crippen molar-refractivity contribution in [2.75, 3.05) is 17.6 Å². The number of nitrogen functional groups attached to an aromatic ring is 1. The molecule has 7 heteroatoms. The summed E-state index contributed by atoms with van der Waals surface area (Å²) in [7, 11) is 0. The van der Waals surface area contributed by atoms with Crippen LogP contribution in [0, 0.1) is 0 Å². The third kappa shape index (κ3) is 4.91. The number of nitrogens with one attached hydrogen (secondary N) is 1. The van der Waals surface area contributed by atoms with Crippen LogP contribution in [0.25, 0.3) is 0 Å². The molecule has 1 rings (SSSR count). The molecule has 0 bridgehead atoms. The van der Waals surface area contributed by atoms with E-state index in [-0.39, 0.29) is 13.0 Å². The van der Waals surface area contributed by atoms with Gasteiger partial charge in [-0.2, -0.15) is 13.2 Å². The second kappa shape index (κ2) is 5.69. The Kier molecular flexibility index (Phi) is 4.77. The maximum Gasteiger partial charge on any atom is 0.389 e. The van der Waals surface area contributed by atoms with Gasteiger partial charge in [0.1, 0.15) is 0 Å². The highest BCUT2D eigenvalue weighted by atomic mass is 35.5. The summed E-state index contributed by atoms with van der Waals surface area (Å²) in [6, 6.07) is 2.95. The zero-order chi connectivity index (χ0) is 13.1. The summed E-state index contributed by atoms with van der Waals surface area (Å²) in [5.41, 5.74) is 6.47. The van der Waals surface area contributed by atoms with Crippen molar-refractivity contribution >= 4 is 34.6 Å². The lowest BCUT2D eigenvalue weighted by molar-refractivity contribution is -0.134. The summed E-state index contributed by atoms with van der Waals surface area (Å²) in [5.74, 6) is 0. The second-order valence-electron chi connectivity index (χ2n) is 3.50. The molecule has 0 unspecified atom stereocenters. The zero-order valence-corrected chi connectivity index (χ0v) is 10.3. The van der Waals surface area contributed by atoms with Crippen molar-refractivity contribution in [3.05, 3.63) is 22.2 Å². The van der Waals surface area contributed by atoms with Crippen LogP contribution in [0.2, 0.25) is 10.0 Å². The number of anilines is 2. The van der Waals surface area contributed by atoms with Gasteiger partial charge < -0.3 is 11.1 Å². The Morgan fingerprint density at radius 1 is 1.18 bits per heavy atom. The SMILES string of the molecule is Nc1cc(Cl)c(Cl)cc1NCCCC(F)(F)F. The Morgan fingerprint density at radius 2 is 1.76 bits per heavy atom. The molecule has 0 radical (unpaired) electrons. The van der Waals surface area contributed by atoms with Gasteiger partial charge in [-0.1, -0.05) is 23.2 Å². The lowest BCUT2D eigenvalue weighted by atomic mass is 10.2. The van der Waals surface area contributed by atoms with E-state index in [1.54, 1.807) is 0 Å². The number of alkyl halides is 3. The smallest absolute Gasteiger partial charge is 0.389 e. The first-order chi connectivity index (χ1) is 7.79. The summed E-state index contributed by atoms with van der Waals surface area (Å²) in [6.45, 7) is 0.168. The van der Waals surface area contributed by atoms with Crippen LogP contribution in [0.1, 0.15) is 12.8 Å². The maximum atomic E-state index is 11.9. The van der Waals surface area contributed by atoms with Gasteiger partial charge in [0.05, 0.1) is 21.4 Å². The minimum atomic E-state index is -4.13. The number of benzene rings is 1. The van der Waals surface area contributed by atoms with Crippen molar-refractivity contribution in [1.82, 2.24) is 0 Å². The number of halogens is 5. The molecule has 0 spiro atoms. The predicted molar refractivity (Wildman–Crippen MR) is 64.7 cm³/mol. The zero-order valence-electron chi connectivity index (χ0n) is 8.74. The van der Waals surface area contributed by atoms with Gasteiger partial charge in [0.15, 0.2) is 0 Å². The summed E-state index contributed by atoms with van der Waals surface area (Å²) >= 11 is 11.5. The van der Waals surface area contributed by atoms with Crippen LogP contribution in [0.4, 0.5) is 24.5 Å². The number of nitrogens with two attached hydrogens (primary N) is 1. The topological polar surface area (TPSA) is 38.0 Å². The van der Waals surface area contributed by atoms with E-state index < -0.39 is 12.6 Å². The Hall–Kier alpha value is -0.810. The molecule has 0 aliphatic heterocycles. The first-order valence-corrected chi connectivity index (χ1v) is 5.60.